The molecule has 4 rings (SSSR count). The Kier molecular flexibility index (Phi) is 10.1. The number of methoxy groups -OCH3 is 2. The number of benzene rings is 2. The summed E-state index contributed by atoms with van der Waals surface area (Å²) in [4.78, 5) is 22.4. The Hall–Kier alpha value is -3.13. The molecular formula is C24H32B2N2O10. The van der Waals surface area contributed by atoms with Crippen molar-refractivity contribution in [3.05, 3.63) is 46.5 Å². The molecule has 2 aliphatic rings. The van der Waals surface area contributed by atoms with E-state index in [0.717, 1.165) is 16.7 Å². The van der Waals surface area contributed by atoms with Gasteiger partial charge in [-0.25, -0.2) is 0 Å². The van der Waals surface area contributed by atoms with Crippen molar-refractivity contribution in [1.82, 2.24) is 0 Å². The highest BCUT2D eigenvalue weighted by Crippen LogP contribution is 2.33. The first-order valence-corrected chi connectivity index (χ1v) is 12.0. The Balaban J connectivity index is 0.000000212. The standard InChI is InChI=1S/C13H18BNO5.C11H14BNO5/c1-3-19-12(16)6-11-13-8(7-15)4-9(18-2)5-10(13)14(17)20-11;1-17-7-2-6(5-13)11-8(3-7)12(16)18-9(11)4-10(14)15/h4-5,11,17H,3,6-7,15H2,1-2H3;2-3,9,16H,4-5,13H2,1H3,(H,14,15). The summed E-state index contributed by atoms with van der Waals surface area (Å²) in [7, 11) is 0.841. The lowest BCUT2D eigenvalue weighted by Gasteiger charge is -2.15. The average molecular weight is 530 g/mol. The fraction of sp³-hybridized carbons (Fsp3) is 0.417. The van der Waals surface area contributed by atoms with Gasteiger partial charge in [-0.1, -0.05) is 0 Å². The number of rotatable bonds is 9. The number of carboxylic acid groups (broad SMARTS) is 1. The summed E-state index contributed by atoms with van der Waals surface area (Å²) < 4.78 is 25.9. The van der Waals surface area contributed by atoms with E-state index in [-0.39, 0.29) is 31.9 Å². The van der Waals surface area contributed by atoms with Crippen LogP contribution in [0.5, 0.6) is 11.5 Å². The second kappa shape index (κ2) is 13.1. The maximum atomic E-state index is 11.6. The number of aliphatic carboxylic acids is 1. The highest BCUT2D eigenvalue weighted by atomic mass is 16.6. The Morgan fingerprint density at radius 2 is 1.32 bits per heavy atom. The smallest absolute Gasteiger partial charge is 0.492 e. The van der Waals surface area contributed by atoms with Crippen molar-refractivity contribution in [2.45, 2.75) is 45.1 Å². The minimum Gasteiger partial charge on any atom is -0.497 e. The molecule has 2 aliphatic heterocycles. The molecule has 2 heterocycles. The Labute approximate surface area is 221 Å². The van der Waals surface area contributed by atoms with E-state index >= 15 is 0 Å². The molecule has 0 spiro atoms. The second-order valence-corrected chi connectivity index (χ2v) is 8.55. The number of carboxylic acids is 1. The van der Waals surface area contributed by atoms with Crippen molar-refractivity contribution in [3.63, 3.8) is 0 Å². The van der Waals surface area contributed by atoms with Gasteiger partial charge >= 0.3 is 26.2 Å². The summed E-state index contributed by atoms with van der Waals surface area (Å²) in [5, 5.41) is 28.6. The number of nitrogens with two attached hydrogens (primary N) is 2. The van der Waals surface area contributed by atoms with E-state index in [1.807, 2.05) is 0 Å². The molecule has 0 saturated heterocycles. The van der Waals surface area contributed by atoms with Gasteiger partial charge in [0.05, 0.1) is 45.9 Å². The van der Waals surface area contributed by atoms with Crippen LogP contribution in [0.3, 0.4) is 0 Å². The maximum absolute atomic E-state index is 11.6. The summed E-state index contributed by atoms with van der Waals surface area (Å²) in [6.45, 7) is 2.56. The topological polar surface area (TPSA) is 193 Å². The summed E-state index contributed by atoms with van der Waals surface area (Å²) in [5.41, 5.74) is 15.4. The number of hydrogen-bond donors (Lipinski definition) is 5. The number of ether oxygens (including phenoxy) is 3. The van der Waals surface area contributed by atoms with Crippen LogP contribution in [0.2, 0.25) is 0 Å². The molecule has 0 aliphatic carbocycles. The van der Waals surface area contributed by atoms with Crippen LogP contribution < -0.4 is 31.9 Å². The van der Waals surface area contributed by atoms with Gasteiger partial charge in [-0.2, -0.15) is 0 Å². The van der Waals surface area contributed by atoms with Gasteiger partial charge in [0.25, 0.3) is 0 Å². The third-order valence-electron chi connectivity index (χ3n) is 6.23. The van der Waals surface area contributed by atoms with Crippen LogP contribution in [0.1, 0.15) is 54.2 Å². The minimum atomic E-state index is -1.13. The van der Waals surface area contributed by atoms with Gasteiger partial charge in [0.1, 0.15) is 11.5 Å². The molecule has 2 aromatic rings. The van der Waals surface area contributed by atoms with Gasteiger partial charge < -0.3 is 50.1 Å². The molecule has 0 aromatic heterocycles. The third kappa shape index (κ3) is 6.46. The van der Waals surface area contributed by atoms with Crippen molar-refractivity contribution in [2.75, 3.05) is 20.8 Å². The van der Waals surface area contributed by atoms with Crippen molar-refractivity contribution < 1.29 is 48.3 Å². The molecule has 0 bridgehead atoms. The van der Waals surface area contributed by atoms with Crippen LogP contribution >= 0.6 is 0 Å². The van der Waals surface area contributed by atoms with E-state index in [2.05, 4.69) is 0 Å². The first-order chi connectivity index (χ1) is 18.2. The fourth-order valence-corrected chi connectivity index (χ4v) is 4.61. The third-order valence-corrected chi connectivity index (χ3v) is 6.23. The highest BCUT2D eigenvalue weighted by Gasteiger charge is 2.39. The van der Waals surface area contributed by atoms with Crippen molar-refractivity contribution in [1.29, 1.82) is 0 Å². The molecule has 0 fully saturated rings. The second-order valence-electron chi connectivity index (χ2n) is 8.55. The van der Waals surface area contributed by atoms with E-state index in [4.69, 9.17) is 40.1 Å². The van der Waals surface area contributed by atoms with Gasteiger partial charge in [0.2, 0.25) is 0 Å². The summed E-state index contributed by atoms with van der Waals surface area (Å²) >= 11 is 0. The number of carbonyl (C=O) groups is 2. The first-order valence-electron chi connectivity index (χ1n) is 12.0. The molecule has 14 heteroatoms. The summed E-state index contributed by atoms with van der Waals surface area (Å²) in [5.74, 6) is -0.188. The Morgan fingerprint density at radius 3 is 1.68 bits per heavy atom. The van der Waals surface area contributed by atoms with Crippen molar-refractivity contribution in [3.8, 4) is 11.5 Å². The molecule has 204 valence electrons. The molecular weight excluding hydrogens is 498 g/mol. The summed E-state index contributed by atoms with van der Waals surface area (Å²) in [6, 6.07) is 6.86. The number of hydrogen-bond acceptors (Lipinski definition) is 11. The quantitative estimate of drug-likeness (QED) is 0.202. The predicted octanol–water partition coefficient (Wildman–Crippen LogP) is -0.747. The van der Waals surface area contributed by atoms with Crippen molar-refractivity contribution in [2.24, 2.45) is 11.5 Å². The number of fused-ring (bicyclic) bond motifs is 2. The SMILES string of the molecule is CCOC(=O)CC1OB(O)c2cc(OC)cc(CN)c21.COc1cc(CN)c2c(c1)B(O)OC2CC(=O)O. The van der Waals surface area contributed by atoms with Gasteiger partial charge in [0.15, 0.2) is 0 Å². The van der Waals surface area contributed by atoms with Gasteiger partial charge in [-0.05, 0) is 64.4 Å². The van der Waals surface area contributed by atoms with E-state index in [1.165, 1.54) is 7.11 Å². The predicted molar refractivity (Wildman–Crippen MR) is 138 cm³/mol. The minimum absolute atomic E-state index is 0.0528. The van der Waals surface area contributed by atoms with Crippen LogP contribution in [0, 0.1) is 0 Å². The zero-order valence-corrected chi connectivity index (χ0v) is 21.5. The van der Waals surface area contributed by atoms with E-state index in [0.29, 0.717) is 34.6 Å². The largest absolute Gasteiger partial charge is 0.497 e. The molecule has 0 saturated carbocycles. The van der Waals surface area contributed by atoms with Gasteiger partial charge in [-0.3, -0.25) is 9.59 Å². The molecule has 2 unspecified atom stereocenters. The molecule has 7 N–H and O–H groups in total. The zero-order chi connectivity index (χ0) is 28.0. The van der Waals surface area contributed by atoms with Crippen LogP contribution in [0.25, 0.3) is 0 Å². The first kappa shape index (κ1) is 29.4. The molecule has 12 nitrogen and oxygen atoms in total. The lowest BCUT2D eigenvalue weighted by atomic mass is 9.77. The van der Waals surface area contributed by atoms with Crippen molar-refractivity contribution >= 4 is 37.1 Å². The average Bonchev–Trinajstić information content (AvgIpc) is 3.38. The summed E-state index contributed by atoms with van der Waals surface area (Å²) in [6.07, 6.45) is -1.36. The van der Waals surface area contributed by atoms with Crippen LogP contribution in [-0.4, -0.2) is 62.2 Å². The van der Waals surface area contributed by atoms with Gasteiger partial charge in [0, 0.05) is 13.1 Å². The molecule has 38 heavy (non-hydrogen) atoms. The maximum Gasteiger partial charge on any atom is 0.492 e. The van der Waals surface area contributed by atoms with E-state index < -0.39 is 32.4 Å². The monoisotopic (exact) mass is 530 g/mol. The van der Waals surface area contributed by atoms with Gasteiger partial charge in [-0.15, -0.1) is 0 Å². The molecule has 2 atom stereocenters. The van der Waals surface area contributed by atoms with E-state index in [1.54, 1.807) is 38.3 Å². The van der Waals surface area contributed by atoms with Crippen LogP contribution in [0.4, 0.5) is 0 Å². The van der Waals surface area contributed by atoms with Crippen LogP contribution in [0.15, 0.2) is 24.3 Å². The normalized spacial score (nSPS) is 17.3. The fourth-order valence-electron chi connectivity index (χ4n) is 4.61. The Bertz CT molecular complexity index is 1170. The lowest BCUT2D eigenvalue weighted by Crippen LogP contribution is -2.28. The zero-order valence-electron chi connectivity index (χ0n) is 21.5. The van der Waals surface area contributed by atoms with E-state index in [9.17, 15) is 19.6 Å². The Morgan fingerprint density at radius 1 is 0.868 bits per heavy atom. The lowest BCUT2D eigenvalue weighted by molar-refractivity contribution is -0.145. The highest BCUT2D eigenvalue weighted by molar-refractivity contribution is 6.62. The number of carbonyl (C=O) groups excluding carboxylic acids is 1. The molecule has 0 amide bonds. The number of esters is 1. The molecule has 2 aromatic carbocycles. The molecule has 0 radical (unpaired) electrons. The van der Waals surface area contributed by atoms with Crippen LogP contribution in [-0.2, 0) is 36.7 Å².